The summed E-state index contributed by atoms with van der Waals surface area (Å²) in [6.07, 6.45) is -1.95. The van der Waals surface area contributed by atoms with Gasteiger partial charge in [0, 0.05) is 4.57 Å². The summed E-state index contributed by atoms with van der Waals surface area (Å²) in [5, 5.41) is 9.00. The van der Waals surface area contributed by atoms with Crippen LogP contribution in [-0.2, 0) is 55.1 Å². The highest BCUT2D eigenvalue weighted by atomic mass is 32.2. The summed E-state index contributed by atoms with van der Waals surface area (Å²) in [6.45, 7) is 30.6. The van der Waals surface area contributed by atoms with E-state index in [2.05, 4.69) is 4.18 Å². The van der Waals surface area contributed by atoms with Gasteiger partial charge in [-0.3, -0.25) is 13.3 Å². The first-order chi connectivity index (χ1) is 19.9. The van der Waals surface area contributed by atoms with Crippen molar-refractivity contribution < 1.29 is 71.7 Å². The van der Waals surface area contributed by atoms with Crippen LogP contribution in [0.1, 0.15) is 154 Å². The molecule has 0 bridgehead atoms. The Morgan fingerprint density at radius 2 is 0.765 bits per heavy atom. The number of alkyl halides is 3. The predicted molar refractivity (Wildman–Crippen MR) is 203 cm³/mol. The Balaban J connectivity index is -0.000000114. The van der Waals surface area contributed by atoms with Crippen LogP contribution in [0.25, 0.3) is 0 Å². The third-order valence-corrected chi connectivity index (χ3v) is 9.83. The molecule has 0 aromatic rings. The molecule has 20 heteroatoms. The lowest BCUT2D eigenvalue weighted by atomic mass is 10.2. The molecule has 0 heterocycles. The Kier molecular flexibility index (Phi) is 29.9. The van der Waals surface area contributed by atoms with Crippen molar-refractivity contribution in [2.75, 3.05) is 12.7 Å². The number of halogens is 3. The second kappa shape index (κ2) is 23.1. The van der Waals surface area contributed by atoms with E-state index in [1.807, 2.05) is 41.5 Å². The van der Waals surface area contributed by atoms with Crippen molar-refractivity contribution in [3.8, 4) is 0 Å². The van der Waals surface area contributed by atoms with Crippen LogP contribution in [0.3, 0.4) is 0 Å². The zero-order valence-electron chi connectivity index (χ0n) is 31.1. The molecule has 0 atom stereocenters. The molecule has 0 saturated carbocycles. The summed E-state index contributed by atoms with van der Waals surface area (Å²) in [5.41, 5.74) is -9.70. The van der Waals surface area contributed by atoms with Crippen molar-refractivity contribution in [1.82, 2.24) is 0 Å². The van der Waals surface area contributed by atoms with Crippen LogP contribution in [0.4, 0.5) is 13.2 Å². The number of hydrogen-bond donors (Lipinski definition) is 1. The molecule has 0 aliphatic rings. The number of hydrogen-bond acceptors (Lipinski definition) is 13. The van der Waals surface area contributed by atoms with Gasteiger partial charge in [-0.1, -0.05) is 29.7 Å². The zero-order valence-corrected chi connectivity index (χ0v) is 34.6. The molecule has 0 aromatic carbocycles. The topological polar surface area (TPSA) is 170 Å². The molecular weight excluding hydrogens is 762 g/mol. The summed E-state index contributed by atoms with van der Waals surface area (Å²) >= 11 is 0. The normalized spacial score (nSPS) is 13.4. The minimum absolute atomic E-state index is 0. The van der Waals surface area contributed by atoms with Crippen molar-refractivity contribution in [1.29, 1.82) is 0 Å². The summed E-state index contributed by atoms with van der Waals surface area (Å²) in [4.78, 5) is 0. The minimum atomic E-state index is -5.87. The highest BCUT2D eigenvalue weighted by Gasteiger charge is 2.49. The molecule has 0 spiro atoms. The SMILES string of the molecule is C.C.C.C.CC(C)(C)OP(=O)(CO)OC(C)(C)C.CC(C)(C)OP(=O)(COS(=O)(=O)C(F)(F)F)OC(C)(C)C.CC(C)(C)O[P+](=O)OC(C)(C)C. The molecule has 0 aliphatic carbocycles. The Bertz CT molecular complexity index is 1110. The molecular formula is C31H75F3O13P3S+. The van der Waals surface area contributed by atoms with Crippen LogP contribution in [0.15, 0.2) is 0 Å². The lowest BCUT2D eigenvalue weighted by Crippen LogP contribution is -2.29. The maximum absolute atomic E-state index is 12.4. The summed E-state index contributed by atoms with van der Waals surface area (Å²) in [6, 6.07) is 0. The van der Waals surface area contributed by atoms with Gasteiger partial charge in [0.25, 0.3) is 0 Å². The lowest BCUT2D eigenvalue weighted by molar-refractivity contribution is -0.0538. The second-order valence-electron chi connectivity index (χ2n) is 16.0. The third kappa shape index (κ3) is 41.0. The number of aliphatic hydroxyl groups is 1. The first-order valence-corrected chi connectivity index (χ1v) is 20.3. The molecule has 0 radical (unpaired) electrons. The molecule has 0 saturated heterocycles. The molecule has 0 rings (SSSR count). The van der Waals surface area contributed by atoms with Gasteiger partial charge in [-0.2, -0.15) is 21.6 Å². The minimum Gasteiger partial charge on any atom is -0.384 e. The van der Waals surface area contributed by atoms with Gasteiger partial charge < -0.3 is 23.2 Å². The standard InChI is InChI=1S/C10H20F3O6PS.C9H21O4P.C8H18O3P.4CH4/c1-8(2,3)18-20(14,19-9(4,5)6)7-17-21(15,16)10(11,12)13;1-8(2,3)12-14(11,7-10)13-9(4,5)6;1-7(2,3)10-12(9)11-8(4,5)6;;;;/h7H2,1-6H3;10H,7H2,1-6H3;1-6H3;4*1H4/q;;+1;;;;. The molecule has 13 nitrogen and oxygen atoms in total. The maximum Gasteiger partial charge on any atom is 0.698 e. The molecule has 0 amide bonds. The van der Waals surface area contributed by atoms with Crippen LogP contribution < -0.4 is 0 Å². The van der Waals surface area contributed by atoms with E-state index in [1.54, 1.807) is 41.5 Å². The van der Waals surface area contributed by atoms with Crippen molar-refractivity contribution in [2.24, 2.45) is 0 Å². The Labute approximate surface area is 310 Å². The van der Waals surface area contributed by atoms with E-state index < -0.39 is 85.4 Å². The molecule has 1 N–H and O–H groups in total. The molecule has 0 aliphatic heterocycles. The molecule has 0 fully saturated rings. The highest BCUT2D eigenvalue weighted by Crippen LogP contribution is 2.55. The van der Waals surface area contributed by atoms with E-state index in [9.17, 15) is 35.3 Å². The van der Waals surface area contributed by atoms with E-state index in [1.165, 1.54) is 41.5 Å². The average molecular weight is 838 g/mol. The van der Waals surface area contributed by atoms with Gasteiger partial charge >= 0.3 is 39.1 Å². The first-order valence-electron chi connectivity index (χ1n) is 14.4. The summed E-state index contributed by atoms with van der Waals surface area (Å²) in [7, 11) is -15.5. The lowest BCUT2D eigenvalue weighted by Gasteiger charge is -2.31. The second-order valence-corrected chi connectivity index (χ2v) is 22.1. The van der Waals surface area contributed by atoms with Crippen molar-refractivity contribution >= 4 is 33.6 Å². The smallest absolute Gasteiger partial charge is 0.384 e. The molecule has 318 valence electrons. The van der Waals surface area contributed by atoms with Crippen LogP contribution in [0, 0.1) is 0 Å². The van der Waals surface area contributed by atoms with Crippen molar-refractivity contribution in [3.63, 3.8) is 0 Å². The van der Waals surface area contributed by atoms with Gasteiger partial charge in [0.05, 0.1) is 22.4 Å². The maximum atomic E-state index is 12.4. The Hall–Kier alpha value is -0.0200. The van der Waals surface area contributed by atoms with Crippen LogP contribution in [0.2, 0.25) is 0 Å². The molecule has 0 unspecified atom stereocenters. The van der Waals surface area contributed by atoms with Crippen LogP contribution in [-0.4, -0.2) is 65.3 Å². The zero-order chi connectivity index (χ0) is 38.9. The van der Waals surface area contributed by atoms with E-state index in [-0.39, 0.29) is 29.7 Å². The van der Waals surface area contributed by atoms with Gasteiger partial charge in [0.1, 0.15) is 17.6 Å². The first kappa shape index (κ1) is 65.8. The van der Waals surface area contributed by atoms with Gasteiger partial charge in [0.15, 0.2) is 6.35 Å². The fourth-order valence-corrected chi connectivity index (χ4v) is 8.25. The number of rotatable bonds is 10. The van der Waals surface area contributed by atoms with Crippen molar-refractivity contribution in [2.45, 2.75) is 193 Å². The van der Waals surface area contributed by atoms with Gasteiger partial charge in [-0.05, 0) is 125 Å². The van der Waals surface area contributed by atoms with E-state index in [0.717, 1.165) is 0 Å². The van der Waals surface area contributed by atoms with E-state index >= 15 is 0 Å². The monoisotopic (exact) mass is 837 g/mol. The average Bonchev–Trinajstić information content (AvgIpc) is 2.64. The fourth-order valence-electron chi connectivity index (χ4n) is 2.48. The Morgan fingerprint density at radius 1 is 0.529 bits per heavy atom. The van der Waals surface area contributed by atoms with Crippen LogP contribution >= 0.6 is 23.4 Å². The Morgan fingerprint density at radius 3 is 0.941 bits per heavy atom. The highest BCUT2D eigenvalue weighted by molar-refractivity contribution is 7.87. The van der Waals surface area contributed by atoms with E-state index in [4.69, 9.17) is 32.2 Å². The van der Waals surface area contributed by atoms with Crippen molar-refractivity contribution in [3.05, 3.63) is 0 Å². The third-order valence-electron chi connectivity index (χ3n) is 3.17. The predicted octanol–water partition coefficient (Wildman–Crippen LogP) is 12.2. The summed E-state index contributed by atoms with van der Waals surface area (Å²) in [5.74, 6) is 0. The summed E-state index contributed by atoms with van der Waals surface area (Å²) < 4.78 is 128. The van der Waals surface area contributed by atoms with Crippen LogP contribution in [0.5, 0.6) is 0 Å². The van der Waals surface area contributed by atoms with Gasteiger partial charge in [0.2, 0.25) is 0 Å². The fraction of sp³-hybridized carbons (Fsp3) is 1.00. The van der Waals surface area contributed by atoms with E-state index in [0.29, 0.717) is 0 Å². The quantitative estimate of drug-likeness (QED) is 0.125. The number of aliphatic hydroxyl groups excluding tert-OH is 1. The molecule has 0 aromatic heterocycles. The van der Waals surface area contributed by atoms with Gasteiger partial charge in [-0.25, -0.2) is 0 Å². The van der Waals surface area contributed by atoms with Gasteiger partial charge in [-0.15, -0.1) is 9.05 Å². The molecule has 51 heavy (non-hydrogen) atoms. The largest absolute Gasteiger partial charge is 0.698 e.